The smallest absolute Gasteiger partial charge is 0.232 e. The largest absolute Gasteiger partial charge is 0.497 e. The second-order valence-electron chi connectivity index (χ2n) is 8.78. The van der Waals surface area contributed by atoms with Crippen molar-refractivity contribution in [3.8, 4) is 45.5 Å². The predicted octanol–water partition coefficient (Wildman–Crippen LogP) is 6.44. The molecule has 0 radical (unpaired) electrons. The zero-order chi connectivity index (χ0) is 25.6. The molecule has 0 saturated heterocycles. The number of rotatable bonds is 5. The summed E-state index contributed by atoms with van der Waals surface area (Å²) in [6.45, 7) is 0. The van der Waals surface area contributed by atoms with Gasteiger partial charge in [-0.05, 0) is 54.1 Å². The Bertz CT molecular complexity index is 1940. The average Bonchev–Trinajstić information content (AvgIpc) is 3.59. The van der Waals surface area contributed by atoms with Gasteiger partial charge in [0.25, 0.3) is 0 Å². The van der Waals surface area contributed by atoms with E-state index in [-0.39, 0.29) is 0 Å². The van der Waals surface area contributed by atoms with E-state index in [1.54, 1.807) is 25.1 Å². The number of benzene rings is 3. The molecule has 0 unspecified atom stereocenters. The van der Waals surface area contributed by atoms with Crippen LogP contribution in [0, 0.1) is 0 Å². The number of methoxy groups -OCH3 is 2. The standard InChI is InChI=1S/C30H21N5O3/c1-36-21-12-7-19(8-13-21)25-26-29-33-28(24-16-11-18-5-3-4-6-23(18)32-24)34-35(29)17-31-30(26)38-27(25)20-9-14-22(37-2)15-10-20/h3-17H,1-2H3. The minimum atomic E-state index is 0.472. The van der Waals surface area contributed by atoms with Crippen LogP contribution in [-0.4, -0.2) is 38.8 Å². The van der Waals surface area contributed by atoms with Gasteiger partial charge in [-0.1, -0.05) is 36.4 Å². The Morgan fingerprint density at radius 3 is 2.18 bits per heavy atom. The minimum absolute atomic E-state index is 0.472. The number of para-hydroxylation sites is 1. The van der Waals surface area contributed by atoms with Gasteiger partial charge in [-0.3, -0.25) is 0 Å². The molecular weight excluding hydrogens is 478 g/mol. The van der Waals surface area contributed by atoms with E-state index in [4.69, 9.17) is 29.0 Å². The summed E-state index contributed by atoms with van der Waals surface area (Å²) >= 11 is 0. The highest BCUT2D eigenvalue weighted by Gasteiger charge is 2.23. The molecule has 0 N–H and O–H groups in total. The zero-order valence-corrected chi connectivity index (χ0v) is 20.6. The predicted molar refractivity (Wildman–Crippen MR) is 145 cm³/mol. The Morgan fingerprint density at radius 1 is 0.737 bits per heavy atom. The number of furan rings is 1. The van der Waals surface area contributed by atoms with Crippen LogP contribution in [0.15, 0.2) is 95.7 Å². The van der Waals surface area contributed by atoms with Crippen molar-refractivity contribution in [3.05, 3.63) is 91.3 Å². The van der Waals surface area contributed by atoms with Gasteiger partial charge in [-0.15, -0.1) is 5.10 Å². The molecular formula is C30H21N5O3. The highest BCUT2D eigenvalue weighted by Crippen LogP contribution is 2.42. The van der Waals surface area contributed by atoms with Gasteiger partial charge >= 0.3 is 0 Å². The normalized spacial score (nSPS) is 11.4. The fourth-order valence-corrected chi connectivity index (χ4v) is 4.68. The second-order valence-corrected chi connectivity index (χ2v) is 8.78. The lowest BCUT2D eigenvalue weighted by atomic mass is 9.99. The lowest BCUT2D eigenvalue weighted by Gasteiger charge is -2.06. The van der Waals surface area contributed by atoms with Gasteiger partial charge in [0, 0.05) is 16.5 Å². The van der Waals surface area contributed by atoms with Gasteiger partial charge in [-0.2, -0.15) is 0 Å². The maximum absolute atomic E-state index is 6.37. The number of pyridine rings is 1. The Labute approximate surface area is 217 Å². The summed E-state index contributed by atoms with van der Waals surface area (Å²) in [5.74, 6) is 2.73. The van der Waals surface area contributed by atoms with E-state index in [9.17, 15) is 0 Å². The average molecular weight is 500 g/mol. The van der Waals surface area contributed by atoms with Crippen LogP contribution >= 0.6 is 0 Å². The van der Waals surface area contributed by atoms with Crippen molar-refractivity contribution < 1.29 is 13.9 Å². The van der Waals surface area contributed by atoms with Crippen molar-refractivity contribution in [1.29, 1.82) is 0 Å². The number of fused-ring (bicyclic) bond motifs is 4. The van der Waals surface area contributed by atoms with Crippen LogP contribution in [0.3, 0.4) is 0 Å². The molecule has 7 rings (SSSR count). The fourth-order valence-electron chi connectivity index (χ4n) is 4.68. The molecule has 7 aromatic rings. The van der Waals surface area contributed by atoms with Crippen molar-refractivity contribution in [2.45, 2.75) is 0 Å². The van der Waals surface area contributed by atoms with Gasteiger partial charge in [0.1, 0.15) is 29.3 Å². The maximum Gasteiger partial charge on any atom is 0.232 e. The summed E-state index contributed by atoms with van der Waals surface area (Å²) in [5, 5.41) is 6.54. The molecule has 184 valence electrons. The van der Waals surface area contributed by atoms with Crippen molar-refractivity contribution in [2.24, 2.45) is 0 Å². The fraction of sp³-hybridized carbons (Fsp3) is 0.0667. The lowest BCUT2D eigenvalue weighted by Crippen LogP contribution is -1.91. The summed E-state index contributed by atoms with van der Waals surface area (Å²) in [6.07, 6.45) is 1.62. The van der Waals surface area contributed by atoms with Crippen LogP contribution in [-0.2, 0) is 0 Å². The van der Waals surface area contributed by atoms with Crippen LogP contribution in [0.2, 0.25) is 0 Å². The SMILES string of the molecule is COc1ccc(-c2oc3ncn4nc(-c5ccc6ccccc6n5)nc4c3c2-c2ccc(OC)cc2)cc1. The summed E-state index contributed by atoms with van der Waals surface area (Å²) in [5.41, 5.74) is 5.38. The summed E-state index contributed by atoms with van der Waals surface area (Å²) < 4.78 is 18.8. The first-order chi connectivity index (χ1) is 18.7. The quantitative estimate of drug-likeness (QED) is 0.269. The highest BCUT2D eigenvalue weighted by molar-refractivity contribution is 6.07. The molecule has 4 aromatic heterocycles. The van der Waals surface area contributed by atoms with E-state index in [1.807, 2.05) is 84.9 Å². The molecule has 3 aromatic carbocycles. The number of nitrogens with zero attached hydrogens (tertiary/aromatic N) is 5. The highest BCUT2D eigenvalue weighted by atomic mass is 16.5. The topological polar surface area (TPSA) is 87.6 Å². The van der Waals surface area contributed by atoms with Gasteiger partial charge < -0.3 is 13.9 Å². The van der Waals surface area contributed by atoms with Gasteiger partial charge in [-0.25, -0.2) is 19.5 Å². The minimum Gasteiger partial charge on any atom is -0.497 e. The monoisotopic (exact) mass is 499 g/mol. The molecule has 0 amide bonds. The second kappa shape index (κ2) is 8.70. The Balaban J connectivity index is 1.48. The number of hydrogen-bond donors (Lipinski definition) is 0. The lowest BCUT2D eigenvalue weighted by molar-refractivity contribution is 0.414. The molecule has 0 bridgehead atoms. The Kier molecular flexibility index (Phi) is 5.04. The number of ether oxygens (including phenoxy) is 2. The van der Waals surface area contributed by atoms with Gasteiger partial charge in [0.15, 0.2) is 5.65 Å². The van der Waals surface area contributed by atoms with Crippen molar-refractivity contribution in [1.82, 2.24) is 24.6 Å². The third-order valence-corrected chi connectivity index (χ3v) is 6.59. The molecule has 0 aliphatic heterocycles. The van der Waals surface area contributed by atoms with Crippen molar-refractivity contribution >= 4 is 27.6 Å². The molecule has 0 spiro atoms. The van der Waals surface area contributed by atoms with E-state index in [0.717, 1.165) is 44.5 Å². The van der Waals surface area contributed by atoms with E-state index in [0.29, 0.717) is 28.6 Å². The number of aromatic nitrogens is 5. The maximum atomic E-state index is 6.37. The third-order valence-electron chi connectivity index (χ3n) is 6.59. The third kappa shape index (κ3) is 3.54. The van der Waals surface area contributed by atoms with Crippen LogP contribution in [0.4, 0.5) is 0 Å². The van der Waals surface area contributed by atoms with Gasteiger partial charge in [0.2, 0.25) is 11.5 Å². The molecule has 0 saturated carbocycles. The van der Waals surface area contributed by atoms with Gasteiger partial charge in [0.05, 0.1) is 25.1 Å². The van der Waals surface area contributed by atoms with E-state index in [1.165, 1.54) is 0 Å². The molecule has 38 heavy (non-hydrogen) atoms. The molecule has 0 aliphatic carbocycles. The summed E-state index contributed by atoms with van der Waals surface area (Å²) in [7, 11) is 3.30. The Hall–Kier alpha value is -5.24. The van der Waals surface area contributed by atoms with Crippen LogP contribution in [0.5, 0.6) is 11.5 Å². The molecule has 0 atom stereocenters. The molecule has 0 aliphatic rings. The number of hydrogen-bond acceptors (Lipinski definition) is 7. The molecule has 8 heteroatoms. The molecule has 8 nitrogen and oxygen atoms in total. The van der Waals surface area contributed by atoms with E-state index in [2.05, 4.69) is 4.98 Å². The Morgan fingerprint density at radius 2 is 1.45 bits per heavy atom. The van der Waals surface area contributed by atoms with E-state index >= 15 is 0 Å². The first-order valence-electron chi connectivity index (χ1n) is 12.0. The van der Waals surface area contributed by atoms with Crippen LogP contribution < -0.4 is 9.47 Å². The van der Waals surface area contributed by atoms with Crippen molar-refractivity contribution in [2.75, 3.05) is 14.2 Å². The first-order valence-corrected chi connectivity index (χ1v) is 12.0. The zero-order valence-electron chi connectivity index (χ0n) is 20.6. The van der Waals surface area contributed by atoms with Crippen LogP contribution in [0.1, 0.15) is 0 Å². The van der Waals surface area contributed by atoms with Crippen molar-refractivity contribution in [3.63, 3.8) is 0 Å². The summed E-state index contributed by atoms with van der Waals surface area (Å²) in [6, 6.07) is 27.5. The van der Waals surface area contributed by atoms with E-state index < -0.39 is 0 Å². The van der Waals surface area contributed by atoms with Crippen LogP contribution in [0.25, 0.3) is 61.6 Å². The molecule has 0 fully saturated rings. The molecule has 4 heterocycles. The first kappa shape index (κ1) is 22.0. The summed E-state index contributed by atoms with van der Waals surface area (Å²) in [4.78, 5) is 14.3.